The number of aryl methyl sites for hydroxylation is 1. The lowest BCUT2D eigenvalue weighted by atomic mass is 10.1. The van der Waals surface area contributed by atoms with Gasteiger partial charge in [0.15, 0.2) is 0 Å². The summed E-state index contributed by atoms with van der Waals surface area (Å²) >= 11 is 0. The predicted molar refractivity (Wildman–Crippen MR) is 113 cm³/mol. The highest BCUT2D eigenvalue weighted by Crippen LogP contribution is 2.25. The molecule has 154 valence electrons. The molecule has 0 atom stereocenters. The number of sulfonamides is 1. The van der Waals surface area contributed by atoms with Crippen LogP contribution in [0.4, 0.5) is 0 Å². The smallest absolute Gasteiger partial charge is 0.256 e. The predicted octanol–water partition coefficient (Wildman–Crippen LogP) is 2.68. The maximum Gasteiger partial charge on any atom is 0.256 e. The van der Waals surface area contributed by atoms with Crippen molar-refractivity contribution in [3.63, 3.8) is 0 Å². The molecule has 4 rings (SSSR count). The molecule has 0 radical (unpaired) electrons. The Morgan fingerprint density at radius 1 is 1.03 bits per heavy atom. The fourth-order valence-corrected chi connectivity index (χ4v) is 5.47. The summed E-state index contributed by atoms with van der Waals surface area (Å²) in [4.78, 5) is 14.9. The second-order valence-electron chi connectivity index (χ2n) is 7.15. The molecule has 8 heteroatoms. The highest BCUT2D eigenvalue weighted by Gasteiger charge is 2.32. The highest BCUT2D eigenvalue weighted by molar-refractivity contribution is 7.89. The van der Waals surface area contributed by atoms with Gasteiger partial charge in [-0.25, -0.2) is 8.42 Å². The zero-order valence-corrected chi connectivity index (χ0v) is 17.5. The number of para-hydroxylation sites is 1. The summed E-state index contributed by atoms with van der Waals surface area (Å²) in [6.07, 6.45) is 1.87. The molecule has 2 heterocycles. The average molecular weight is 423 g/mol. The van der Waals surface area contributed by atoms with Crippen molar-refractivity contribution in [3.05, 3.63) is 65.9 Å². The van der Waals surface area contributed by atoms with E-state index in [1.54, 1.807) is 17.0 Å². The van der Waals surface area contributed by atoms with Gasteiger partial charge in [0, 0.05) is 49.8 Å². The minimum absolute atomic E-state index is 0.0123. The molecule has 1 amide bonds. The number of carbonyl (C=O) groups is 1. The Labute approximate surface area is 175 Å². The molecule has 1 aromatic heterocycles. The summed E-state index contributed by atoms with van der Waals surface area (Å²) in [5.74, 6) is -0.0899. The second-order valence-corrected chi connectivity index (χ2v) is 9.06. The molecule has 0 bridgehead atoms. The Hall–Kier alpha value is -3.15. The molecule has 1 aliphatic heterocycles. The Balaban J connectivity index is 1.54. The van der Waals surface area contributed by atoms with Crippen molar-refractivity contribution >= 4 is 26.8 Å². The highest BCUT2D eigenvalue weighted by atomic mass is 32.2. The van der Waals surface area contributed by atoms with E-state index in [2.05, 4.69) is 0 Å². The van der Waals surface area contributed by atoms with Crippen LogP contribution in [0.3, 0.4) is 0 Å². The molecule has 0 N–H and O–H groups in total. The molecule has 1 saturated heterocycles. The normalized spacial score (nSPS) is 15.3. The van der Waals surface area contributed by atoms with Gasteiger partial charge in [0.2, 0.25) is 10.0 Å². The maximum atomic E-state index is 13.2. The first-order valence-electron chi connectivity index (χ1n) is 9.83. The Kier molecular flexibility index (Phi) is 5.33. The number of fused-ring (bicyclic) bond motifs is 1. The third-order valence-corrected chi connectivity index (χ3v) is 7.47. The minimum atomic E-state index is -3.78. The first-order chi connectivity index (χ1) is 14.5. The second kappa shape index (κ2) is 7.94. The monoisotopic (exact) mass is 422 g/mol. The quantitative estimate of drug-likeness (QED) is 0.647. The van der Waals surface area contributed by atoms with E-state index >= 15 is 0 Å². The molecule has 0 aliphatic carbocycles. The number of carbonyl (C=O) groups excluding carboxylic acids is 1. The maximum absolute atomic E-state index is 13.2. The van der Waals surface area contributed by atoms with Gasteiger partial charge in [-0.3, -0.25) is 4.79 Å². The molecule has 0 spiro atoms. The number of hydrogen-bond acceptors (Lipinski definition) is 4. The minimum Gasteiger partial charge on any atom is -0.347 e. The first-order valence-corrected chi connectivity index (χ1v) is 11.3. The van der Waals surface area contributed by atoms with Crippen molar-refractivity contribution in [2.75, 3.05) is 26.2 Å². The van der Waals surface area contributed by atoms with Crippen LogP contribution in [0.1, 0.15) is 22.8 Å². The Morgan fingerprint density at radius 3 is 2.40 bits per heavy atom. The van der Waals surface area contributed by atoms with E-state index in [0.717, 1.165) is 17.4 Å². The fraction of sp³-hybridized carbons (Fsp3) is 0.273. The van der Waals surface area contributed by atoms with Crippen LogP contribution in [0.5, 0.6) is 0 Å². The van der Waals surface area contributed by atoms with E-state index in [4.69, 9.17) is 0 Å². The van der Waals surface area contributed by atoms with Gasteiger partial charge >= 0.3 is 0 Å². The largest absolute Gasteiger partial charge is 0.347 e. The van der Waals surface area contributed by atoms with Gasteiger partial charge in [-0.05, 0) is 25.1 Å². The fourth-order valence-electron chi connectivity index (χ4n) is 3.90. The average Bonchev–Trinajstić information content (AvgIpc) is 3.17. The van der Waals surface area contributed by atoms with Gasteiger partial charge in [-0.2, -0.15) is 9.57 Å². The summed E-state index contributed by atoms with van der Waals surface area (Å²) in [5, 5.41) is 10.1. The van der Waals surface area contributed by atoms with Gasteiger partial charge in [-0.15, -0.1) is 0 Å². The van der Waals surface area contributed by atoms with Gasteiger partial charge in [0.25, 0.3) is 5.91 Å². The van der Waals surface area contributed by atoms with Crippen LogP contribution in [0, 0.1) is 11.3 Å². The van der Waals surface area contributed by atoms with Gasteiger partial charge < -0.3 is 9.47 Å². The Bertz CT molecular complexity index is 1250. The number of nitrogens with zero attached hydrogens (tertiary/aromatic N) is 4. The zero-order chi connectivity index (χ0) is 21.3. The molecule has 1 fully saturated rings. The van der Waals surface area contributed by atoms with Crippen LogP contribution in [-0.4, -0.2) is 54.3 Å². The van der Waals surface area contributed by atoms with Crippen LogP contribution >= 0.6 is 0 Å². The van der Waals surface area contributed by atoms with E-state index in [0.29, 0.717) is 18.7 Å². The van der Waals surface area contributed by atoms with Crippen molar-refractivity contribution in [1.82, 2.24) is 13.8 Å². The summed E-state index contributed by atoms with van der Waals surface area (Å²) < 4.78 is 29.4. The SMILES string of the molecule is CCn1cc(C(=O)N2CCN(S(=O)(=O)c3ccccc3C#N)CC2)c2ccccc21. The van der Waals surface area contributed by atoms with Crippen LogP contribution in [-0.2, 0) is 16.6 Å². The van der Waals surface area contributed by atoms with Crippen LogP contribution in [0.15, 0.2) is 59.6 Å². The van der Waals surface area contributed by atoms with E-state index in [-0.39, 0.29) is 29.5 Å². The van der Waals surface area contributed by atoms with E-state index < -0.39 is 10.0 Å². The summed E-state index contributed by atoms with van der Waals surface area (Å²) in [6, 6.07) is 15.9. The zero-order valence-electron chi connectivity index (χ0n) is 16.7. The van der Waals surface area contributed by atoms with Gasteiger partial charge in [0.05, 0.1) is 16.0 Å². The van der Waals surface area contributed by atoms with Crippen LogP contribution < -0.4 is 0 Å². The number of piperazine rings is 1. The lowest BCUT2D eigenvalue weighted by Gasteiger charge is -2.34. The van der Waals surface area contributed by atoms with Gasteiger partial charge in [0.1, 0.15) is 6.07 Å². The lowest BCUT2D eigenvalue weighted by Crippen LogP contribution is -2.50. The number of aromatic nitrogens is 1. The molecule has 0 saturated carbocycles. The summed E-state index contributed by atoms with van der Waals surface area (Å²) in [6.45, 7) is 3.79. The van der Waals surface area contributed by atoms with Crippen molar-refractivity contribution in [3.8, 4) is 6.07 Å². The molecule has 0 unspecified atom stereocenters. The van der Waals surface area contributed by atoms with E-state index in [1.165, 1.54) is 16.4 Å². The van der Waals surface area contributed by atoms with E-state index in [1.807, 2.05) is 48.0 Å². The van der Waals surface area contributed by atoms with Crippen LogP contribution in [0.2, 0.25) is 0 Å². The third-order valence-electron chi connectivity index (χ3n) is 5.51. The number of rotatable bonds is 4. The van der Waals surface area contributed by atoms with Gasteiger partial charge in [-0.1, -0.05) is 30.3 Å². The standard InChI is InChI=1S/C22H22N4O3S/c1-2-24-16-19(18-8-4-5-9-20(18)24)22(27)25-11-13-26(14-12-25)30(28,29)21-10-6-3-7-17(21)15-23/h3-10,16H,2,11-14H2,1H3. The topological polar surface area (TPSA) is 86.4 Å². The molecule has 2 aromatic carbocycles. The molecule has 1 aliphatic rings. The van der Waals surface area contributed by atoms with Crippen molar-refractivity contribution in [1.29, 1.82) is 5.26 Å². The first kappa shape index (κ1) is 20.1. The molecule has 30 heavy (non-hydrogen) atoms. The van der Waals surface area contributed by atoms with Crippen molar-refractivity contribution in [2.24, 2.45) is 0 Å². The van der Waals surface area contributed by atoms with E-state index in [9.17, 15) is 18.5 Å². The molecule has 3 aromatic rings. The lowest BCUT2D eigenvalue weighted by molar-refractivity contribution is 0.0699. The van der Waals surface area contributed by atoms with Crippen molar-refractivity contribution < 1.29 is 13.2 Å². The third kappa shape index (κ3) is 3.36. The molecular formula is C22H22N4O3S. The number of amides is 1. The van der Waals surface area contributed by atoms with Crippen LogP contribution in [0.25, 0.3) is 10.9 Å². The number of hydrogen-bond donors (Lipinski definition) is 0. The summed E-state index contributed by atoms with van der Waals surface area (Å²) in [7, 11) is -3.78. The number of benzene rings is 2. The van der Waals surface area contributed by atoms with Crippen molar-refractivity contribution in [2.45, 2.75) is 18.4 Å². The Morgan fingerprint density at radius 2 is 1.70 bits per heavy atom. The summed E-state index contributed by atoms with van der Waals surface area (Å²) in [5.41, 5.74) is 1.78. The molecular weight excluding hydrogens is 400 g/mol. The number of nitriles is 1. The molecule has 7 nitrogen and oxygen atoms in total.